The van der Waals surface area contributed by atoms with Gasteiger partial charge in [-0.3, -0.25) is 9.59 Å². The second kappa shape index (κ2) is 5.84. The van der Waals surface area contributed by atoms with Crippen LogP contribution in [0.25, 0.3) is 0 Å². The molecule has 0 aliphatic carbocycles. The number of hydrogen-bond donors (Lipinski definition) is 3. The number of aliphatic hydroxyl groups is 1. The molecule has 0 fully saturated rings. The van der Waals surface area contributed by atoms with Gasteiger partial charge in [0.2, 0.25) is 5.91 Å². The Bertz CT molecular complexity index is 173. The maximum Gasteiger partial charge on any atom is 0.305 e. The van der Waals surface area contributed by atoms with Crippen molar-refractivity contribution in [2.75, 3.05) is 12.4 Å². The van der Waals surface area contributed by atoms with Crippen molar-refractivity contribution in [3.8, 4) is 0 Å². The van der Waals surface area contributed by atoms with Gasteiger partial charge in [-0.25, -0.2) is 0 Å². The fraction of sp³-hybridized carbons (Fsp3) is 0.667. The molecular weight excluding hydrogens is 182 g/mol. The molecule has 0 aliphatic rings. The maximum absolute atomic E-state index is 10.6. The number of aliphatic carboxylic acids is 1. The molecule has 0 aromatic heterocycles. The lowest BCUT2D eigenvalue weighted by Gasteiger charge is -2.08. The monoisotopic (exact) mass is 193 g/mol. The maximum atomic E-state index is 10.6. The Morgan fingerprint density at radius 3 is 2.42 bits per heavy atom. The van der Waals surface area contributed by atoms with E-state index in [9.17, 15) is 9.59 Å². The number of carboxylic acid groups (broad SMARTS) is 1. The molecule has 0 aromatic carbocycles. The van der Waals surface area contributed by atoms with Gasteiger partial charge in [-0.05, 0) is 0 Å². The van der Waals surface area contributed by atoms with Crippen LogP contribution in [0.1, 0.15) is 6.42 Å². The third kappa shape index (κ3) is 4.97. The average Bonchev–Trinajstić information content (AvgIpc) is 1.96. The molecule has 0 aromatic rings. The van der Waals surface area contributed by atoms with Crippen molar-refractivity contribution in [3.05, 3.63) is 0 Å². The second-order valence-corrected chi connectivity index (χ2v) is 3.39. The van der Waals surface area contributed by atoms with Gasteiger partial charge in [0.1, 0.15) is 0 Å². The lowest BCUT2D eigenvalue weighted by molar-refractivity contribution is -0.138. The molecule has 1 atom stereocenters. The van der Waals surface area contributed by atoms with Gasteiger partial charge in [-0.1, -0.05) is 0 Å². The molecule has 1 unspecified atom stereocenters. The topological polar surface area (TPSA) is 101 Å². The quantitative estimate of drug-likeness (QED) is 0.504. The molecule has 6 heteroatoms. The van der Waals surface area contributed by atoms with Crippen LogP contribution in [-0.2, 0) is 9.59 Å². The van der Waals surface area contributed by atoms with Gasteiger partial charge in [-0.15, -0.1) is 11.8 Å². The zero-order valence-corrected chi connectivity index (χ0v) is 7.21. The van der Waals surface area contributed by atoms with E-state index in [2.05, 4.69) is 0 Å². The number of amides is 1. The van der Waals surface area contributed by atoms with Crippen LogP contribution in [0.2, 0.25) is 0 Å². The molecular formula is C6H11NO4S. The number of carbonyl (C=O) groups excluding carboxylic acids is 1. The van der Waals surface area contributed by atoms with E-state index < -0.39 is 17.1 Å². The van der Waals surface area contributed by atoms with Gasteiger partial charge in [0.15, 0.2) is 0 Å². The fourth-order valence-corrected chi connectivity index (χ4v) is 1.41. The van der Waals surface area contributed by atoms with Gasteiger partial charge in [0, 0.05) is 5.75 Å². The van der Waals surface area contributed by atoms with Gasteiger partial charge in [-0.2, -0.15) is 0 Å². The van der Waals surface area contributed by atoms with Crippen molar-refractivity contribution in [2.24, 2.45) is 5.73 Å². The summed E-state index contributed by atoms with van der Waals surface area (Å²) in [6, 6.07) is 0. The number of rotatable bonds is 6. The largest absolute Gasteiger partial charge is 0.481 e. The highest BCUT2D eigenvalue weighted by Crippen LogP contribution is 2.13. The first-order valence-electron chi connectivity index (χ1n) is 3.31. The SMILES string of the molecule is NC(=O)C(CC(=O)O)SCCO. The number of primary amides is 1. The molecule has 0 aliphatic heterocycles. The zero-order valence-electron chi connectivity index (χ0n) is 6.40. The van der Waals surface area contributed by atoms with Crippen LogP contribution in [0.15, 0.2) is 0 Å². The summed E-state index contributed by atoms with van der Waals surface area (Å²) in [7, 11) is 0. The molecule has 4 N–H and O–H groups in total. The van der Waals surface area contributed by atoms with Gasteiger partial charge in [0.25, 0.3) is 0 Å². The Labute approximate surface area is 73.9 Å². The predicted octanol–water partition coefficient (Wildman–Crippen LogP) is -0.960. The van der Waals surface area contributed by atoms with E-state index in [-0.39, 0.29) is 13.0 Å². The van der Waals surface area contributed by atoms with Crippen LogP contribution in [0.5, 0.6) is 0 Å². The number of carboxylic acids is 1. The summed E-state index contributed by atoms with van der Waals surface area (Å²) >= 11 is 1.05. The summed E-state index contributed by atoms with van der Waals surface area (Å²) in [4.78, 5) is 20.8. The molecule has 1 amide bonds. The van der Waals surface area contributed by atoms with Gasteiger partial charge >= 0.3 is 5.97 Å². The molecule has 0 spiro atoms. The highest BCUT2D eigenvalue weighted by Gasteiger charge is 2.18. The summed E-state index contributed by atoms with van der Waals surface area (Å²) < 4.78 is 0. The van der Waals surface area contributed by atoms with Crippen molar-refractivity contribution >= 4 is 23.6 Å². The first-order valence-corrected chi connectivity index (χ1v) is 4.36. The first-order chi connectivity index (χ1) is 5.57. The third-order valence-electron chi connectivity index (χ3n) is 1.09. The summed E-state index contributed by atoms with van der Waals surface area (Å²) in [6.07, 6.45) is -0.292. The number of aliphatic hydroxyl groups excluding tert-OH is 1. The first kappa shape index (κ1) is 11.2. The van der Waals surface area contributed by atoms with Crippen LogP contribution in [0.4, 0.5) is 0 Å². The lowest BCUT2D eigenvalue weighted by Crippen LogP contribution is -2.28. The molecule has 5 nitrogen and oxygen atoms in total. The predicted molar refractivity (Wildman–Crippen MR) is 44.8 cm³/mol. The Kier molecular flexibility index (Phi) is 5.48. The van der Waals surface area contributed by atoms with Crippen LogP contribution >= 0.6 is 11.8 Å². The third-order valence-corrected chi connectivity index (χ3v) is 2.31. The van der Waals surface area contributed by atoms with Crippen molar-refractivity contribution in [3.63, 3.8) is 0 Å². The standard InChI is InChI=1S/C6H11NO4S/c7-6(11)4(3-5(9)10)12-2-1-8/h4,8H,1-3H2,(H2,7,11)(H,9,10). The number of hydrogen-bond acceptors (Lipinski definition) is 4. The molecule has 0 radical (unpaired) electrons. The highest BCUT2D eigenvalue weighted by atomic mass is 32.2. The van der Waals surface area contributed by atoms with Crippen molar-refractivity contribution in [2.45, 2.75) is 11.7 Å². The molecule has 0 bridgehead atoms. The molecule has 0 heterocycles. The van der Waals surface area contributed by atoms with E-state index >= 15 is 0 Å². The summed E-state index contributed by atoms with van der Waals surface area (Å²) in [5.74, 6) is -1.40. The van der Waals surface area contributed by atoms with Crippen molar-refractivity contribution in [1.82, 2.24) is 0 Å². The average molecular weight is 193 g/mol. The van der Waals surface area contributed by atoms with E-state index in [1.165, 1.54) is 0 Å². The second-order valence-electron chi connectivity index (χ2n) is 2.08. The van der Waals surface area contributed by atoms with Crippen molar-refractivity contribution < 1.29 is 19.8 Å². The number of thioether (sulfide) groups is 1. The van der Waals surface area contributed by atoms with Gasteiger partial charge in [0.05, 0.1) is 18.3 Å². The number of nitrogens with two attached hydrogens (primary N) is 1. The number of carbonyl (C=O) groups is 2. The molecule has 70 valence electrons. The Morgan fingerprint density at radius 2 is 2.08 bits per heavy atom. The van der Waals surface area contributed by atoms with Crippen LogP contribution < -0.4 is 5.73 Å². The summed E-state index contributed by atoms with van der Waals surface area (Å²) in [5.41, 5.74) is 4.92. The summed E-state index contributed by atoms with van der Waals surface area (Å²) in [5, 5.41) is 16.0. The smallest absolute Gasteiger partial charge is 0.305 e. The van der Waals surface area contributed by atoms with Crippen LogP contribution in [0.3, 0.4) is 0 Å². The Morgan fingerprint density at radius 1 is 1.50 bits per heavy atom. The van der Waals surface area contributed by atoms with E-state index in [1.807, 2.05) is 0 Å². The summed E-state index contributed by atoms with van der Waals surface area (Å²) in [6.45, 7) is -0.0892. The normalized spacial score (nSPS) is 12.4. The minimum Gasteiger partial charge on any atom is -0.481 e. The lowest BCUT2D eigenvalue weighted by atomic mass is 10.3. The zero-order chi connectivity index (χ0) is 9.56. The fourth-order valence-electron chi connectivity index (χ4n) is 0.595. The highest BCUT2D eigenvalue weighted by molar-refractivity contribution is 8.00. The Balaban J connectivity index is 3.87. The van der Waals surface area contributed by atoms with Crippen LogP contribution in [0, 0.1) is 0 Å². The minimum absolute atomic E-state index is 0.0892. The van der Waals surface area contributed by atoms with E-state index in [1.54, 1.807) is 0 Å². The van der Waals surface area contributed by atoms with Crippen LogP contribution in [-0.4, -0.2) is 39.7 Å². The van der Waals surface area contributed by atoms with Gasteiger partial charge < -0.3 is 15.9 Å². The molecule has 0 rings (SSSR count). The molecule has 0 saturated carbocycles. The molecule has 12 heavy (non-hydrogen) atoms. The minimum atomic E-state index is -1.07. The Hall–Kier alpha value is -0.750. The van der Waals surface area contributed by atoms with E-state index in [4.69, 9.17) is 15.9 Å². The van der Waals surface area contributed by atoms with E-state index in [0.29, 0.717) is 5.75 Å². The van der Waals surface area contributed by atoms with E-state index in [0.717, 1.165) is 11.8 Å². The molecule has 0 saturated heterocycles. The van der Waals surface area contributed by atoms with Crippen molar-refractivity contribution in [1.29, 1.82) is 0 Å².